The van der Waals surface area contributed by atoms with Crippen LogP contribution in [0.1, 0.15) is 96.8 Å². The Kier molecular flexibility index (Phi) is 14.2. The molecule has 3 atom stereocenters. The number of unbranched alkanes of at least 4 members (excludes halogenated alkanes) is 8. The van der Waals surface area contributed by atoms with E-state index in [-0.39, 0.29) is 6.61 Å². The van der Waals surface area contributed by atoms with Gasteiger partial charge in [-0.2, -0.15) is 4.31 Å². The van der Waals surface area contributed by atoms with Gasteiger partial charge in [0.05, 0.1) is 19.3 Å². The molecule has 0 aliphatic carbocycles. The first-order valence-corrected chi connectivity index (χ1v) is 14.1. The normalized spacial score (nSPS) is 19.8. The van der Waals surface area contributed by atoms with Crippen molar-refractivity contribution < 1.29 is 37.4 Å². The van der Waals surface area contributed by atoms with Gasteiger partial charge in [-0.1, -0.05) is 84.0 Å². The first kappa shape index (κ1) is 27.3. The maximum absolute atomic E-state index is 11.3. The zero-order valence-electron chi connectivity index (χ0n) is 17.7. The Hall–Kier alpha value is 0.220. The molecule has 1 saturated heterocycles. The third-order valence-electron chi connectivity index (χ3n) is 5.34. The molecule has 0 aromatic rings. The van der Waals surface area contributed by atoms with Crippen LogP contribution >= 0.6 is 15.6 Å². The van der Waals surface area contributed by atoms with E-state index in [0.29, 0.717) is 12.5 Å². The number of phosphoric acid groups is 2. The second-order valence-corrected chi connectivity index (χ2v) is 10.8. The molecule has 0 aromatic heterocycles. The molecule has 0 amide bonds. The minimum Gasteiger partial charge on any atom is -0.373 e. The summed E-state index contributed by atoms with van der Waals surface area (Å²) in [6, 6.07) is 0. The molecule has 3 N–H and O–H groups in total. The van der Waals surface area contributed by atoms with E-state index in [4.69, 9.17) is 14.5 Å². The zero-order chi connectivity index (χ0) is 21.6. The summed E-state index contributed by atoms with van der Waals surface area (Å²) < 4.78 is 35.4. The number of hydrogen-bond acceptors (Lipinski definition) is 5. The highest BCUT2D eigenvalue weighted by molar-refractivity contribution is 7.60. The number of hydrogen-bond donors (Lipinski definition) is 3. The van der Waals surface area contributed by atoms with Crippen molar-refractivity contribution in [2.45, 2.75) is 103 Å². The smallest absolute Gasteiger partial charge is 0.373 e. The highest BCUT2D eigenvalue weighted by Gasteiger charge is 2.31. The molecule has 1 rings (SSSR count). The van der Waals surface area contributed by atoms with Crippen LogP contribution in [0.2, 0.25) is 0 Å². The lowest BCUT2D eigenvalue weighted by Gasteiger charge is -2.15. The van der Waals surface area contributed by atoms with E-state index in [2.05, 4.69) is 15.8 Å². The molecular weight excluding hydrogens is 418 g/mol. The Morgan fingerprint density at radius 2 is 1.41 bits per heavy atom. The van der Waals surface area contributed by atoms with E-state index >= 15 is 0 Å². The number of phosphoric ester groups is 1. The van der Waals surface area contributed by atoms with Gasteiger partial charge in [0.2, 0.25) is 0 Å². The Morgan fingerprint density at radius 1 is 0.897 bits per heavy atom. The van der Waals surface area contributed by atoms with Gasteiger partial charge in [0.15, 0.2) is 0 Å². The topological polar surface area (TPSA) is 126 Å². The Bertz CT molecular complexity index is 506. The fourth-order valence-corrected chi connectivity index (χ4v) is 5.15. The van der Waals surface area contributed by atoms with Crippen LogP contribution < -0.4 is 0 Å². The van der Waals surface area contributed by atoms with Gasteiger partial charge in [0, 0.05) is 0 Å². The molecule has 8 nitrogen and oxygen atoms in total. The van der Waals surface area contributed by atoms with Crippen molar-refractivity contribution in [2.24, 2.45) is 5.92 Å². The lowest BCUT2D eigenvalue weighted by Crippen LogP contribution is -2.00. The van der Waals surface area contributed by atoms with E-state index < -0.39 is 15.6 Å². The average Bonchev–Trinajstić information content (AvgIpc) is 3.43. The standard InChI is InChI=1S/C19H40O8P2/c1-2-18(13-9-6-4-3-5-7-11-15-19-17-25-19)14-10-8-12-16-26-29(23,24)27-28(20,21)22/h18-19H,2-17H2,1H3,(H,23,24)(H2,20,21,22). The number of ether oxygens (including phenoxy) is 1. The van der Waals surface area contributed by atoms with Gasteiger partial charge in [0.1, 0.15) is 0 Å². The summed E-state index contributed by atoms with van der Waals surface area (Å²) in [7, 11) is -9.72. The summed E-state index contributed by atoms with van der Waals surface area (Å²) in [6.07, 6.45) is 17.0. The lowest BCUT2D eigenvalue weighted by atomic mass is 9.92. The molecule has 3 unspecified atom stereocenters. The van der Waals surface area contributed by atoms with Gasteiger partial charge in [-0.05, 0) is 18.8 Å². The quantitative estimate of drug-likeness (QED) is 0.120. The fourth-order valence-electron chi connectivity index (χ4n) is 3.53. The molecule has 0 bridgehead atoms. The summed E-state index contributed by atoms with van der Waals surface area (Å²) in [6.45, 7) is 3.14. The Labute approximate surface area is 175 Å². The second kappa shape index (κ2) is 15.1. The van der Waals surface area contributed by atoms with Crippen LogP contribution in [0.25, 0.3) is 0 Å². The number of epoxide rings is 1. The van der Waals surface area contributed by atoms with Gasteiger partial charge < -0.3 is 19.4 Å². The van der Waals surface area contributed by atoms with Crippen molar-refractivity contribution in [1.82, 2.24) is 0 Å². The van der Waals surface area contributed by atoms with Crippen molar-refractivity contribution in [3.05, 3.63) is 0 Å². The Balaban J connectivity index is 1.91. The van der Waals surface area contributed by atoms with Crippen LogP contribution in [0.4, 0.5) is 0 Å². The lowest BCUT2D eigenvalue weighted by molar-refractivity contribution is 0.175. The van der Waals surface area contributed by atoms with E-state index in [1.165, 1.54) is 64.2 Å². The molecule has 10 heteroatoms. The minimum atomic E-state index is -5.03. The van der Waals surface area contributed by atoms with Gasteiger partial charge in [0.25, 0.3) is 0 Å². The summed E-state index contributed by atoms with van der Waals surface area (Å²) in [4.78, 5) is 26.2. The van der Waals surface area contributed by atoms with E-state index in [0.717, 1.165) is 31.8 Å². The van der Waals surface area contributed by atoms with Gasteiger partial charge in [-0.15, -0.1) is 0 Å². The van der Waals surface area contributed by atoms with Crippen molar-refractivity contribution in [3.63, 3.8) is 0 Å². The maximum Gasteiger partial charge on any atom is 0.481 e. The maximum atomic E-state index is 11.3. The molecule has 0 aromatic carbocycles. The molecule has 1 aliphatic rings. The van der Waals surface area contributed by atoms with Crippen molar-refractivity contribution >= 4 is 15.6 Å². The fraction of sp³-hybridized carbons (Fsp3) is 1.00. The summed E-state index contributed by atoms with van der Waals surface area (Å²) >= 11 is 0. The van der Waals surface area contributed by atoms with Crippen LogP contribution in [0.15, 0.2) is 0 Å². The van der Waals surface area contributed by atoms with Crippen LogP contribution in [-0.2, 0) is 22.7 Å². The number of rotatable bonds is 20. The molecule has 1 aliphatic heterocycles. The van der Waals surface area contributed by atoms with Crippen LogP contribution in [0.5, 0.6) is 0 Å². The predicted molar refractivity (Wildman–Crippen MR) is 112 cm³/mol. The Morgan fingerprint density at radius 3 is 1.93 bits per heavy atom. The predicted octanol–water partition coefficient (Wildman–Crippen LogP) is 5.71. The molecule has 0 radical (unpaired) electrons. The largest absolute Gasteiger partial charge is 0.481 e. The summed E-state index contributed by atoms with van der Waals surface area (Å²) in [5.41, 5.74) is 0. The van der Waals surface area contributed by atoms with Crippen molar-refractivity contribution in [2.75, 3.05) is 13.2 Å². The van der Waals surface area contributed by atoms with E-state index in [1.54, 1.807) is 0 Å². The molecule has 29 heavy (non-hydrogen) atoms. The highest BCUT2D eigenvalue weighted by atomic mass is 31.3. The SMILES string of the molecule is CCC(CCCCCCCCCC1CO1)CCCCCOP(=O)(O)OP(=O)(O)O. The zero-order valence-corrected chi connectivity index (χ0v) is 19.5. The van der Waals surface area contributed by atoms with Gasteiger partial charge in [-0.25, -0.2) is 9.13 Å². The highest BCUT2D eigenvalue weighted by Crippen LogP contribution is 2.57. The molecule has 174 valence electrons. The van der Waals surface area contributed by atoms with Crippen LogP contribution in [-0.4, -0.2) is 34.0 Å². The first-order chi connectivity index (χ1) is 13.7. The monoisotopic (exact) mass is 458 g/mol. The molecule has 1 fully saturated rings. The average molecular weight is 458 g/mol. The van der Waals surface area contributed by atoms with E-state index in [9.17, 15) is 14.0 Å². The summed E-state index contributed by atoms with van der Waals surface area (Å²) in [5.74, 6) is 0.719. The first-order valence-electron chi connectivity index (χ1n) is 11.1. The second-order valence-electron chi connectivity index (χ2n) is 8.01. The van der Waals surface area contributed by atoms with Gasteiger partial charge >= 0.3 is 15.6 Å². The summed E-state index contributed by atoms with van der Waals surface area (Å²) in [5, 5.41) is 0. The van der Waals surface area contributed by atoms with Crippen LogP contribution in [0, 0.1) is 5.92 Å². The molecule has 1 heterocycles. The molecular formula is C19H40O8P2. The van der Waals surface area contributed by atoms with Crippen molar-refractivity contribution in [3.8, 4) is 0 Å². The van der Waals surface area contributed by atoms with Crippen molar-refractivity contribution in [1.29, 1.82) is 0 Å². The van der Waals surface area contributed by atoms with E-state index in [1.807, 2.05) is 0 Å². The molecule has 0 saturated carbocycles. The van der Waals surface area contributed by atoms with Gasteiger partial charge in [-0.3, -0.25) is 4.52 Å². The third kappa shape index (κ3) is 17.6. The third-order valence-corrected chi connectivity index (χ3v) is 7.52. The minimum absolute atomic E-state index is 0.0573. The van der Waals surface area contributed by atoms with Crippen LogP contribution in [0.3, 0.4) is 0 Å². The molecule has 0 spiro atoms.